The molecule has 1 aliphatic rings. The van der Waals surface area contributed by atoms with Gasteiger partial charge in [-0.25, -0.2) is 0 Å². The molecule has 90 valence electrons. The zero-order chi connectivity index (χ0) is 10.7. The van der Waals surface area contributed by atoms with Gasteiger partial charge >= 0.3 is 0 Å². The predicted octanol–water partition coefficient (Wildman–Crippen LogP) is 1.67. The summed E-state index contributed by atoms with van der Waals surface area (Å²) in [5, 5.41) is 0. The van der Waals surface area contributed by atoms with Gasteiger partial charge in [0.1, 0.15) is 0 Å². The predicted molar refractivity (Wildman–Crippen MR) is 68.5 cm³/mol. The number of halogens is 1. The SMILES string of the molecule is CC1CN(Cc2ccccn2)CCC1N.Cl. The summed E-state index contributed by atoms with van der Waals surface area (Å²) in [7, 11) is 0. The first-order chi connectivity index (χ1) is 7.25. The molecular weight excluding hydrogens is 222 g/mol. The van der Waals surface area contributed by atoms with Gasteiger partial charge in [-0.15, -0.1) is 12.4 Å². The van der Waals surface area contributed by atoms with Crippen molar-refractivity contribution in [2.45, 2.75) is 25.9 Å². The van der Waals surface area contributed by atoms with E-state index in [2.05, 4.69) is 22.9 Å². The average molecular weight is 242 g/mol. The lowest BCUT2D eigenvalue weighted by atomic mass is 9.95. The van der Waals surface area contributed by atoms with E-state index >= 15 is 0 Å². The number of piperidine rings is 1. The fourth-order valence-corrected chi connectivity index (χ4v) is 2.11. The minimum absolute atomic E-state index is 0. The van der Waals surface area contributed by atoms with Crippen molar-refractivity contribution in [3.05, 3.63) is 30.1 Å². The standard InChI is InChI=1S/C12H19N3.ClH/c1-10-8-15(7-5-12(10)13)9-11-4-2-3-6-14-11;/h2-4,6,10,12H,5,7-9,13H2,1H3;1H. The largest absolute Gasteiger partial charge is 0.327 e. The van der Waals surface area contributed by atoms with Crippen LogP contribution in [0.5, 0.6) is 0 Å². The topological polar surface area (TPSA) is 42.2 Å². The monoisotopic (exact) mass is 241 g/mol. The summed E-state index contributed by atoms with van der Waals surface area (Å²) in [6, 6.07) is 6.46. The molecule has 16 heavy (non-hydrogen) atoms. The molecule has 3 nitrogen and oxygen atoms in total. The third-order valence-electron chi connectivity index (χ3n) is 3.17. The quantitative estimate of drug-likeness (QED) is 0.857. The van der Waals surface area contributed by atoms with Gasteiger partial charge in [-0.3, -0.25) is 9.88 Å². The maximum absolute atomic E-state index is 5.99. The highest BCUT2D eigenvalue weighted by Gasteiger charge is 2.22. The number of nitrogens with zero attached hydrogens (tertiary/aromatic N) is 2. The van der Waals surface area contributed by atoms with Gasteiger partial charge in [0.25, 0.3) is 0 Å². The van der Waals surface area contributed by atoms with Gasteiger partial charge in [0.05, 0.1) is 5.69 Å². The zero-order valence-corrected chi connectivity index (χ0v) is 10.5. The Bertz CT molecular complexity index is 304. The van der Waals surface area contributed by atoms with Crippen LogP contribution in [0.25, 0.3) is 0 Å². The van der Waals surface area contributed by atoms with Gasteiger partial charge < -0.3 is 5.73 Å². The summed E-state index contributed by atoms with van der Waals surface area (Å²) in [6.07, 6.45) is 2.96. The van der Waals surface area contributed by atoms with Crippen molar-refractivity contribution in [3.63, 3.8) is 0 Å². The number of aromatic nitrogens is 1. The second kappa shape index (κ2) is 6.18. The number of pyridine rings is 1. The molecule has 0 bridgehead atoms. The van der Waals surface area contributed by atoms with Gasteiger partial charge in [0, 0.05) is 31.9 Å². The Morgan fingerprint density at radius 3 is 2.94 bits per heavy atom. The Kier molecular flexibility index (Phi) is 5.19. The lowest BCUT2D eigenvalue weighted by molar-refractivity contribution is 0.156. The first kappa shape index (κ1) is 13.4. The number of rotatable bonds is 2. The first-order valence-corrected chi connectivity index (χ1v) is 5.63. The van der Waals surface area contributed by atoms with Gasteiger partial charge in [-0.2, -0.15) is 0 Å². The molecule has 2 rings (SSSR count). The molecule has 0 amide bonds. The number of hydrogen-bond donors (Lipinski definition) is 1. The molecule has 0 radical (unpaired) electrons. The van der Waals surface area contributed by atoms with Crippen LogP contribution >= 0.6 is 12.4 Å². The molecule has 2 atom stereocenters. The van der Waals surface area contributed by atoms with E-state index in [-0.39, 0.29) is 12.4 Å². The van der Waals surface area contributed by atoms with Crippen molar-refractivity contribution in [2.75, 3.05) is 13.1 Å². The van der Waals surface area contributed by atoms with Crippen molar-refractivity contribution in [1.29, 1.82) is 0 Å². The zero-order valence-electron chi connectivity index (χ0n) is 9.67. The van der Waals surface area contributed by atoms with Crippen LogP contribution < -0.4 is 5.73 Å². The molecule has 4 heteroatoms. The van der Waals surface area contributed by atoms with Crippen molar-refractivity contribution >= 4 is 12.4 Å². The van der Waals surface area contributed by atoms with Gasteiger partial charge in [0.15, 0.2) is 0 Å². The fraction of sp³-hybridized carbons (Fsp3) is 0.583. The van der Waals surface area contributed by atoms with Crippen LogP contribution in [0.1, 0.15) is 19.0 Å². The second-order valence-electron chi connectivity index (χ2n) is 4.49. The molecule has 1 aromatic rings. The van der Waals surface area contributed by atoms with Crippen LogP contribution in [0.15, 0.2) is 24.4 Å². The van der Waals surface area contributed by atoms with E-state index in [4.69, 9.17) is 5.73 Å². The van der Waals surface area contributed by atoms with Crippen LogP contribution in [-0.4, -0.2) is 29.0 Å². The van der Waals surface area contributed by atoms with E-state index in [0.717, 1.165) is 31.7 Å². The molecule has 0 saturated carbocycles. The molecule has 1 fully saturated rings. The van der Waals surface area contributed by atoms with Crippen LogP contribution in [-0.2, 0) is 6.54 Å². The summed E-state index contributed by atoms with van der Waals surface area (Å²) in [6.45, 7) is 5.38. The van der Waals surface area contributed by atoms with Gasteiger partial charge in [0.2, 0.25) is 0 Å². The molecule has 1 aliphatic heterocycles. The van der Waals surface area contributed by atoms with E-state index in [1.54, 1.807) is 0 Å². The smallest absolute Gasteiger partial charge is 0.0543 e. The molecule has 1 saturated heterocycles. The Labute approximate surface area is 103 Å². The molecule has 0 aromatic carbocycles. The minimum atomic E-state index is 0. The maximum atomic E-state index is 5.99. The number of likely N-dealkylation sites (tertiary alicyclic amines) is 1. The minimum Gasteiger partial charge on any atom is -0.327 e. The molecule has 0 aliphatic carbocycles. The molecule has 1 aromatic heterocycles. The maximum Gasteiger partial charge on any atom is 0.0543 e. The van der Waals surface area contributed by atoms with E-state index in [0.29, 0.717) is 12.0 Å². The van der Waals surface area contributed by atoms with Crippen molar-refractivity contribution in [1.82, 2.24) is 9.88 Å². The van der Waals surface area contributed by atoms with Crippen LogP contribution in [0.4, 0.5) is 0 Å². The summed E-state index contributed by atoms with van der Waals surface area (Å²) in [4.78, 5) is 6.78. The number of nitrogens with two attached hydrogens (primary N) is 1. The number of hydrogen-bond acceptors (Lipinski definition) is 3. The Hall–Kier alpha value is -0.640. The third-order valence-corrected chi connectivity index (χ3v) is 3.17. The van der Waals surface area contributed by atoms with E-state index in [1.165, 1.54) is 0 Å². The van der Waals surface area contributed by atoms with Crippen LogP contribution in [0, 0.1) is 5.92 Å². The molecule has 2 N–H and O–H groups in total. The lowest BCUT2D eigenvalue weighted by Crippen LogP contribution is -2.45. The first-order valence-electron chi connectivity index (χ1n) is 5.63. The summed E-state index contributed by atoms with van der Waals surface area (Å²) in [5.41, 5.74) is 7.14. The fourth-order valence-electron chi connectivity index (χ4n) is 2.11. The Balaban J connectivity index is 0.00000128. The van der Waals surface area contributed by atoms with Crippen molar-refractivity contribution in [3.8, 4) is 0 Å². The normalized spacial score (nSPS) is 26.1. The van der Waals surface area contributed by atoms with Crippen LogP contribution in [0.3, 0.4) is 0 Å². The Morgan fingerprint density at radius 1 is 1.50 bits per heavy atom. The summed E-state index contributed by atoms with van der Waals surface area (Å²) in [5.74, 6) is 0.600. The van der Waals surface area contributed by atoms with Crippen molar-refractivity contribution in [2.24, 2.45) is 11.7 Å². The summed E-state index contributed by atoms with van der Waals surface area (Å²) >= 11 is 0. The van der Waals surface area contributed by atoms with Gasteiger partial charge in [-0.05, 0) is 24.5 Å². The summed E-state index contributed by atoms with van der Waals surface area (Å²) < 4.78 is 0. The highest BCUT2D eigenvalue weighted by molar-refractivity contribution is 5.85. The van der Waals surface area contributed by atoms with Crippen LogP contribution in [0.2, 0.25) is 0 Å². The third kappa shape index (κ3) is 3.44. The van der Waals surface area contributed by atoms with E-state index in [9.17, 15) is 0 Å². The Morgan fingerprint density at radius 2 is 2.31 bits per heavy atom. The van der Waals surface area contributed by atoms with E-state index in [1.807, 2.05) is 18.3 Å². The molecule has 2 heterocycles. The van der Waals surface area contributed by atoms with E-state index < -0.39 is 0 Å². The highest BCUT2D eigenvalue weighted by atomic mass is 35.5. The molecular formula is C12H20ClN3. The van der Waals surface area contributed by atoms with Gasteiger partial charge in [-0.1, -0.05) is 13.0 Å². The highest BCUT2D eigenvalue weighted by Crippen LogP contribution is 2.16. The lowest BCUT2D eigenvalue weighted by Gasteiger charge is -2.34. The average Bonchev–Trinajstić information content (AvgIpc) is 2.25. The molecule has 0 spiro atoms. The molecule has 2 unspecified atom stereocenters. The van der Waals surface area contributed by atoms with Crippen molar-refractivity contribution < 1.29 is 0 Å². The second-order valence-corrected chi connectivity index (χ2v) is 4.49.